The minimum Gasteiger partial charge on any atom is -0.399 e. The number of anilines is 8. The van der Waals surface area contributed by atoms with Crippen LogP contribution in [0.5, 0.6) is 0 Å². The summed E-state index contributed by atoms with van der Waals surface area (Å²) in [5.74, 6) is -1.35. The number of carbonyl (C=O) groups is 6. The molecule has 0 aliphatic rings. The van der Waals surface area contributed by atoms with E-state index in [1.165, 1.54) is 6.07 Å². The Bertz CT molecular complexity index is 3210. The molecule has 0 saturated carbocycles. The van der Waals surface area contributed by atoms with Crippen molar-refractivity contribution in [3.8, 4) is 0 Å². The quantitative estimate of drug-likeness (QED) is 0.0348. The molecular formula is C61H55ClN9O6P. The van der Waals surface area contributed by atoms with Crippen LogP contribution in [0, 0.1) is 0 Å². The van der Waals surface area contributed by atoms with E-state index >= 15 is 0 Å². The predicted octanol–water partition coefficient (Wildman–Crippen LogP) is 13.1. The Labute approximate surface area is 459 Å². The van der Waals surface area contributed by atoms with Crippen LogP contribution in [-0.2, 0) is 0 Å². The summed E-state index contributed by atoms with van der Waals surface area (Å²) in [6.07, 6.45) is 0. The van der Waals surface area contributed by atoms with Crippen LogP contribution in [0.3, 0.4) is 0 Å². The standard InChI is InChI=1S/C34H26N4O4.C13H12N2O.C7H5ClO.C6H8N2.CH4NP/c39-31(23-8-3-1-4-9-23)35-27-14-18-29(19-15-27)37-33(41)25-12-7-13-26(22-25)34(42)38-30-20-16-28(17-21-30)36-32(40)24-10-5-2-6-11-24;14-11-6-8-12(9-7-11)15-13(16)10-4-2-1-3-5-10;8-7(9)6-4-2-1-3-5-6;7-5-1-2-6(8)4-3-5;1-2-3/h1-22H,(H,35,39)(H,36,40)(H,37,41)(H,38,42);1-9H,14H2,(H,15,16);1-5H;1-4H,7-8H2;3H,1H3. The van der Waals surface area contributed by atoms with Crippen molar-refractivity contribution in [2.45, 2.75) is 0 Å². The number of hydrogen-bond acceptors (Lipinski definition) is 10. The van der Waals surface area contributed by atoms with Crippen molar-refractivity contribution in [2.75, 3.05) is 50.8 Å². The van der Waals surface area contributed by atoms with Crippen LogP contribution in [0.4, 0.5) is 45.5 Å². The van der Waals surface area contributed by atoms with Crippen molar-refractivity contribution in [3.63, 3.8) is 0 Å². The molecule has 5 amide bonds. The van der Waals surface area contributed by atoms with Crippen LogP contribution in [0.25, 0.3) is 0 Å². The van der Waals surface area contributed by atoms with Gasteiger partial charge >= 0.3 is 0 Å². The Hall–Kier alpha value is -10.2. The molecule has 0 atom stereocenters. The second-order valence-electron chi connectivity index (χ2n) is 16.3. The molecule has 0 heterocycles. The van der Waals surface area contributed by atoms with Gasteiger partial charge in [-0.15, -0.1) is 0 Å². The Morgan fingerprint density at radius 1 is 0.321 bits per heavy atom. The first-order chi connectivity index (χ1) is 37.7. The van der Waals surface area contributed by atoms with E-state index in [0.29, 0.717) is 61.8 Å². The average molecular weight is 1080 g/mol. The van der Waals surface area contributed by atoms with E-state index in [1.807, 2.05) is 36.4 Å². The molecule has 0 saturated heterocycles. The van der Waals surface area contributed by atoms with Gasteiger partial charge in [0, 0.05) is 85.9 Å². The number of nitrogens with two attached hydrogens (primary N) is 3. The van der Waals surface area contributed by atoms with E-state index in [-0.39, 0.29) is 29.5 Å². The van der Waals surface area contributed by atoms with Crippen molar-refractivity contribution in [1.29, 1.82) is 0 Å². The maximum Gasteiger partial charge on any atom is 0.255 e. The third kappa shape index (κ3) is 20.6. The lowest BCUT2D eigenvalue weighted by atomic mass is 10.1. The third-order valence-corrected chi connectivity index (χ3v) is 10.6. The lowest BCUT2D eigenvalue weighted by Crippen LogP contribution is -2.16. The smallest absolute Gasteiger partial charge is 0.255 e. The molecule has 9 aromatic carbocycles. The molecule has 15 nitrogen and oxygen atoms in total. The second kappa shape index (κ2) is 31.5. The molecule has 0 radical (unpaired) electrons. The van der Waals surface area contributed by atoms with Gasteiger partial charge in [-0.25, -0.2) is 0 Å². The molecular weight excluding hydrogens is 1020 g/mol. The Balaban J connectivity index is 0.000000249. The van der Waals surface area contributed by atoms with E-state index in [4.69, 9.17) is 28.8 Å². The van der Waals surface area contributed by atoms with E-state index < -0.39 is 5.24 Å². The zero-order valence-corrected chi connectivity index (χ0v) is 43.9. The monoisotopic (exact) mass is 1080 g/mol. The van der Waals surface area contributed by atoms with Gasteiger partial charge in [0.15, 0.2) is 0 Å². The zero-order chi connectivity index (χ0) is 56.1. The van der Waals surface area contributed by atoms with Gasteiger partial charge in [0.1, 0.15) is 0 Å². The maximum atomic E-state index is 12.9. The summed E-state index contributed by atoms with van der Waals surface area (Å²) in [6.45, 7) is 0. The van der Waals surface area contributed by atoms with Crippen molar-refractivity contribution in [3.05, 3.63) is 276 Å². The largest absolute Gasteiger partial charge is 0.399 e. The molecule has 0 spiro atoms. The van der Waals surface area contributed by atoms with E-state index in [0.717, 1.165) is 17.1 Å². The first-order valence-electron chi connectivity index (χ1n) is 23.7. The zero-order valence-electron chi connectivity index (χ0n) is 42.1. The van der Waals surface area contributed by atoms with Crippen LogP contribution < -0.4 is 43.8 Å². The Morgan fingerprint density at radius 2 is 0.513 bits per heavy atom. The average Bonchev–Trinajstić information content (AvgIpc) is 3.47. The topological polar surface area (TPSA) is 253 Å². The molecule has 78 heavy (non-hydrogen) atoms. The molecule has 0 unspecified atom stereocenters. The molecule has 9 rings (SSSR count). The predicted molar refractivity (Wildman–Crippen MR) is 318 cm³/mol. The van der Waals surface area contributed by atoms with Crippen molar-refractivity contribution in [1.82, 2.24) is 0 Å². The molecule has 0 aromatic heterocycles. The molecule has 0 aliphatic carbocycles. The first-order valence-corrected chi connectivity index (χ1v) is 24.5. The summed E-state index contributed by atoms with van der Waals surface area (Å²) >= 11 is 5.16. The summed E-state index contributed by atoms with van der Waals surface area (Å²) < 4.78 is 3.31. The van der Waals surface area contributed by atoms with Gasteiger partial charge in [0.2, 0.25) is 0 Å². The Morgan fingerprint density at radius 3 is 0.744 bits per heavy atom. The van der Waals surface area contributed by atoms with Gasteiger partial charge < -0.3 is 43.8 Å². The third-order valence-electron chi connectivity index (χ3n) is 10.4. The van der Waals surface area contributed by atoms with E-state index in [2.05, 4.69) is 40.4 Å². The molecule has 0 fully saturated rings. The summed E-state index contributed by atoms with van der Waals surface area (Å²) in [7, 11) is 4.47. The van der Waals surface area contributed by atoms with Crippen LogP contribution in [-0.4, -0.2) is 41.8 Å². The highest BCUT2D eigenvalue weighted by Crippen LogP contribution is 2.19. The fourth-order valence-electron chi connectivity index (χ4n) is 6.49. The van der Waals surface area contributed by atoms with Crippen LogP contribution >= 0.6 is 20.6 Å². The van der Waals surface area contributed by atoms with E-state index in [1.54, 1.807) is 207 Å². The number of rotatable bonds is 11. The molecule has 0 bridgehead atoms. The number of nitrogen functional groups attached to an aromatic ring is 3. The van der Waals surface area contributed by atoms with Gasteiger partial charge in [0.25, 0.3) is 34.8 Å². The van der Waals surface area contributed by atoms with Gasteiger partial charge in [-0.1, -0.05) is 91.0 Å². The summed E-state index contributed by atoms with van der Waals surface area (Å²) in [5.41, 5.74) is 24.3. The summed E-state index contributed by atoms with van der Waals surface area (Å²) in [5, 5.41) is 13.6. The van der Waals surface area contributed by atoms with Gasteiger partial charge in [-0.05, 0) is 172 Å². The minimum absolute atomic E-state index is 0.120. The number of nitrogens with zero attached hydrogens (tertiary/aromatic N) is 1. The van der Waals surface area contributed by atoms with Crippen molar-refractivity contribution in [2.24, 2.45) is 4.74 Å². The number of halogens is 1. The molecule has 11 N–H and O–H groups in total. The summed E-state index contributed by atoms with van der Waals surface area (Å²) in [4.78, 5) is 72.6. The maximum absolute atomic E-state index is 12.9. The molecule has 9 aromatic rings. The number of carbonyl (C=O) groups excluding carboxylic acids is 6. The normalized spacial score (nSPS) is 9.67. The lowest BCUT2D eigenvalue weighted by molar-refractivity contribution is 0.101. The highest BCUT2D eigenvalue weighted by atomic mass is 35.5. The van der Waals surface area contributed by atoms with Gasteiger partial charge in [-0.3, -0.25) is 33.5 Å². The Kier molecular flexibility index (Phi) is 23.7. The fourth-order valence-corrected chi connectivity index (χ4v) is 6.62. The SMILES string of the molecule is CN=P.Nc1ccc(N)cc1.Nc1ccc(NC(=O)c2ccccc2)cc1.O=C(Cl)c1ccccc1.O=C(Nc1ccc(NC(=O)c2cccc(C(=O)Nc3ccc(NC(=O)c4ccccc4)cc3)c2)cc1)c1ccccc1. The minimum atomic E-state index is -0.407. The van der Waals surface area contributed by atoms with Crippen molar-refractivity contribution >= 4 is 101 Å². The molecule has 392 valence electrons. The van der Waals surface area contributed by atoms with Crippen LogP contribution in [0.2, 0.25) is 0 Å². The second-order valence-corrected chi connectivity index (χ2v) is 17.0. The number of nitrogens with one attached hydrogen (secondary N) is 5. The molecule has 0 aliphatic heterocycles. The van der Waals surface area contributed by atoms with Crippen LogP contribution in [0.1, 0.15) is 62.1 Å². The van der Waals surface area contributed by atoms with Gasteiger partial charge in [0.05, 0.1) is 0 Å². The van der Waals surface area contributed by atoms with Gasteiger partial charge in [-0.2, -0.15) is 0 Å². The fraction of sp³-hybridized carbons (Fsp3) is 0.0164. The number of hydrogen-bond donors (Lipinski definition) is 8. The highest BCUT2D eigenvalue weighted by Gasteiger charge is 2.13. The number of amides is 5. The summed E-state index contributed by atoms with van der Waals surface area (Å²) in [6, 6.07) is 69.6. The molecule has 17 heteroatoms. The van der Waals surface area contributed by atoms with Crippen molar-refractivity contribution < 1.29 is 28.8 Å². The van der Waals surface area contributed by atoms with E-state index in [9.17, 15) is 28.8 Å². The highest BCUT2D eigenvalue weighted by molar-refractivity contribution is 7.03. The van der Waals surface area contributed by atoms with Crippen LogP contribution in [0.15, 0.2) is 247 Å². The number of benzene rings is 9. The lowest BCUT2D eigenvalue weighted by Gasteiger charge is -2.10. The first kappa shape index (κ1) is 58.7.